The molecule has 0 saturated heterocycles. The lowest BCUT2D eigenvalue weighted by molar-refractivity contribution is 0.0999. The summed E-state index contributed by atoms with van der Waals surface area (Å²) in [6, 6.07) is 7.37. The lowest BCUT2D eigenvalue weighted by atomic mass is 9.87. The standard InChI is InChI=1S/C14H20N2O2/c15-12-6-4-10(5-7-12)9-18-13-3-1-2-11(8-13)14(16)17/h1-3,8,10,12H,4-7,9,15H2,(H2,16,17). The number of amides is 1. The number of hydrogen-bond acceptors (Lipinski definition) is 3. The zero-order chi connectivity index (χ0) is 13.0. The number of primary amides is 1. The fourth-order valence-corrected chi connectivity index (χ4v) is 2.31. The largest absolute Gasteiger partial charge is 0.493 e. The molecule has 1 aliphatic rings. The van der Waals surface area contributed by atoms with E-state index in [0.717, 1.165) is 25.7 Å². The minimum Gasteiger partial charge on any atom is -0.493 e. The second kappa shape index (κ2) is 5.87. The first-order valence-corrected chi connectivity index (χ1v) is 6.43. The molecule has 0 atom stereocenters. The first-order chi connectivity index (χ1) is 8.65. The molecule has 1 aromatic rings. The van der Waals surface area contributed by atoms with Gasteiger partial charge in [0.25, 0.3) is 0 Å². The molecular weight excluding hydrogens is 228 g/mol. The fourth-order valence-electron chi connectivity index (χ4n) is 2.31. The van der Waals surface area contributed by atoms with Crippen LogP contribution in [-0.2, 0) is 0 Å². The normalized spacial score (nSPS) is 23.6. The molecule has 2 rings (SSSR count). The van der Waals surface area contributed by atoms with Crippen LogP contribution in [0.15, 0.2) is 24.3 Å². The van der Waals surface area contributed by atoms with Gasteiger partial charge in [0.1, 0.15) is 5.75 Å². The molecule has 18 heavy (non-hydrogen) atoms. The van der Waals surface area contributed by atoms with Gasteiger partial charge < -0.3 is 16.2 Å². The Labute approximate surface area is 107 Å². The summed E-state index contributed by atoms with van der Waals surface area (Å²) in [6.45, 7) is 0.689. The van der Waals surface area contributed by atoms with E-state index >= 15 is 0 Å². The number of rotatable bonds is 4. The number of ether oxygens (including phenoxy) is 1. The second-order valence-electron chi connectivity index (χ2n) is 4.98. The molecule has 1 amide bonds. The maximum absolute atomic E-state index is 11.0. The Hall–Kier alpha value is -1.55. The van der Waals surface area contributed by atoms with Gasteiger partial charge in [0.15, 0.2) is 0 Å². The SMILES string of the molecule is NC(=O)c1cccc(OCC2CCC(N)CC2)c1. The van der Waals surface area contributed by atoms with Crippen LogP contribution < -0.4 is 16.2 Å². The van der Waals surface area contributed by atoms with Crippen LogP contribution in [0, 0.1) is 5.92 Å². The van der Waals surface area contributed by atoms with Crippen LogP contribution in [0.25, 0.3) is 0 Å². The minimum absolute atomic E-state index is 0.361. The van der Waals surface area contributed by atoms with E-state index in [4.69, 9.17) is 16.2 Å². The summed E-state index contributed by atoms with van der Waals surface area (Å²) >= 11 is 0. The van der Waals surface area contributed by atoms with Gasteiger partial charge in [-0.3, -0.25) is 4.79 Å². The summed E-state index contributed by atoms with van der Waals surface area (Å²) in [5.74, 6) is 0.854. The van der Waals surface area contributed by atoms with E-state index in [0.29, 0.717) is 29.9 Å². The molecule has 1 aliphatic carbocycles. The summed E-state index contributed by atoms with van der Waals surface area (Å²) in [7, 11) is 0. The number of benzene rings is 1. The molecule has 1 saturated carbocycles. The Bertz CT molecular complexity index is 412. The van der Waals surface area contributed by atoms with E-state index in [2.05, 4.69) is 0 Å². The van der Waals surface area contributed by atoms with Crippen molar-refractivity contribution in [3.05, 3.63) is 29.8 Å². The molecule has 4 nitrogen and oxygen atoms in total. The Morgan fingerprint density at radius 3 is 2.67 bits per heavy atom. The lowest BCUT2D eigenvalue weighted by Gasteiger charge is -2.25. The maximum atomic E-state index is 11.0. The van der Waals surface area contributed by atoms with Gasteiger partial charge in [-0.25, -0.2) is 0 Å². The minimum atomic E-state index is -0.427. The quantitative estimate of drug-likeness (QED) is 0.851. The first-order valence-electron chi connectivity index (χ1n) is 6.43. The Morgan fingerprint density at radius 2 is 2.00 bits per heavy atom. The van der Waals surface area contributed by atoms with Gasteiger partial charge in [-0.1, -0.05) is 6.07 Å². The van der Waals surface area contributed by atoms with Crippen LogP contribution in [0.1, 0.15) is 36.0 Å². The Balaban J connectivity index is 1.86. The van der Waals surface area contributed by atoms with Crippen molar-refractivity contribution in [1.82, 2.24) is 0 Å². The third kappa shape index (κ3) is 3.47. The van der Waals surface area contributed by atoms with Gasteiger partial charge in [-0.05, 0) is 49.8 Å². The van der Waals surface area contributed by atoms with E-state index in [9.17, 15) is 4.79 Å². The third-order valence-corrected chi connectivity index (χ3v) is 3.50. The van der Waals surface area contributed by atoms with Gasteiger partial charge in [-0.2, -0.15) is 0 Å². The van der Waals surface area contributed by atoms with Crippen LogP contribution in [0.5, 0.6) is 5.75 Å². The van der Waals surface area contributed by atoms with Gasteiger partial charge in [0.05, 0.1) is 6.61 Å². The molecule has 1 fully saturated rings. The van der Waals surface area contributed by atoms with Crippen LogP contribution in [-0.4, -0.2) is 18.6 Å². The van der Waals surface area contributed by atoms with Crippen LogP contribution >= 0.6 is 0 Å². The van der Waals surface area contributed by atoms with Gasteiger partial charge in [0.2, 0.25) is 5.91 Å². The number of nitrogens with two attached hydrogens (primary N) is 2. The lowest BCUT2D eigenvalue weighted by Crippen LogP contribution is -2.28. The third-order valence-electron chi connectivity index (χ3n) is 3.50. The average Bonchev–Trinajstić information content (AvgIpc) is 2.38. The summed E-state index contributed by atoms with van der Waals surface area (Å²) < 4.78 is 5.72. The monoisotopic (exact) mass is 248 g/mol. The summed E-state index contributed by atoms with van der Waals surface area (Å²) in [4.78, 5) is 11.0. The van der Waals surface area contributed by atoms with E-state index in [1.54, 1.807) is 18.2 Å². The van der Waals surface area contributed by atoms with Crippen molar-refractivity contribution in [1.29, 1.82) is 0 Å². The molecule has 0 aliphatic heterocycles. The molecule has 0 radical (unpaired) electrons. The maximum Gasteiger partial charge on any atom is 0.248 e. The summed E-state index contributed by atoms with van der Waals surface area (Å²) in [5.41, 5.74) is 11.6. The predicted octanol–water partition coefficient (Wildman–Crippen LogP) is 1.68. The molecule has 4 N–H and O–H groups in total. The number of carbonyl (C=O) groups is 1. The molecule has 1 aromatic carbocycles. The summed E-state index contributed by atoms with van der Waals surface area (Å²) in [5, 5.41) is 0. The highest BCUT2D eigenvalue weighted by Gasteiger charge is 2.18. The predicted molar refractivity (Wildman–Crippen MR) is 70.4 cm³/mol. The van der Waals surface area contributed by atoms with Crippen LogP contribution in [0.4, 0.5) is 0 Å². The van der Waals surface area contributed by atoms with Gasteiger partial charge >= 0.3 is 0 Å². The molecule has 0 bridgehead atoms. The highest BCUT2D eigenvalue weighted by molar-refractivity contribution is 5.93. The van der Waals surface area contributed by atoms with Crippen molar-refractivity contribution < 1.29 is 9.53 Å². The van der Waals surface area contributed by atoms with Gasteiger partial charge in [-0.15, -0.1) is 0 Å². The fraction of sp³-hybridized carbons (Fsp3) is 0.500. The molecule has 0 spiro atoms. The topological polar surface area (TPSA) is 78.3 Å². The zero-order valence-corrected chi connectivity index (χ0v) is 10.5. The van der Waals surface area contributed by atoms with Crippen LogP contribution in [0.3, 0.4) is 0 Å². The highest BCUT2D eigenvalue weighted by Crippen LogP contribution is 2.24. The zero-order valence-electron chi connectivity index (χ0n) is 10.5. The molecule has 98 valence electrons. The van der Waals surface area contributed by atoms with Crippen molar-refractivity contribution in [2.75, 3.05) is 6.61 Å². The van der Waals surface area contributed by atoms with Crippen molar-refractivity contribution >= 4 is 5.91 Å². The first kappa shape index (κ1) is 12.9. The Kier molecular flexibility index (Phi) is 4.20. The van der Waals surface area contributed by atoms with Crippen molar-refractivity contribution in [3.8, 4) is 5.75 Å². The van der Waals surface area contributed by atoms with Crippen LogP contribution in [0.2, 0.25) is 0 Å². The Morgan fingerprint density at radius 1 is 1.28 bits per heavy atom. The van der Waals surface area contributed by atoms with E-state index < -0.39 is 5.91 Å². The van der Waals surface area contributed by atoms with Gasteiger partial charge in [0, 0.05) is 11.6 Å². The van der Waals surface area contributed by atoms with Crippen molar-refractivity contribution in [2.45, 2.75) is 31.7 Å². The molecular formula is C14H20N2O2. The van der Waals surface area contributed by atoms with E-state index in [1.165, 1.54) is 0 Å². The highest BCUT2D eigenvalue weighted by atomic mass is 16.5. The van der Waals surface area contributed by atoms with Crippen molar-refractivity contribution in [2.24, 2.45) is 17.4 Å². The van der Waals surface area contributed by atoms with E-state index in [-0.39, 0.29) is 0 Å². The second-order valence-corrected chi connectivity index (χ2v) is 4.98. The summed E-state index contributed by atoms with van der Waals surface area (Å²) in [6.07, 6.45) is 4.40. The molecule has 0 unspecified atom stereocenters. The van der Waals surface area contributed by atoms with Crippen molar-refractivity contribution in [3.63, 3.8) is 0 Å². The number of carbonyl (C=O) groups excluding carboxylic acids is 1. The molecule has 0 aromatic heterocycles. The van der Waals surface area contributed by atoms with E-state index in [1.807, 2.05) is 6.07 Å². The number of hydrogen-bond donors (Lipinski definition) is 2. The molecule has 0 heterocycles. The smallest absolute Gasteiger partial charge is 0.248 e. The molecule has 4 heteroatoms. The average molecular weight is 248 g/mol.